The van der Waals surface area contributed by atoms with Crippen LogP contribution in [0.15, 0.2) is 24.5 Å². The fraction of sp³-hybridized carbons (Fsp3) is 0.375. The quantitative estimate of drug-likeness (QED) is 0.807. The Balaban J connectivity index is 1.89. The number of alkyl halides is 3. The molecule has 0 bridgehead atoms. The maximum atomic E-state index is 13.1. The van der Waals surface area contributed by atoms with Gasteiger partial charge in [0.25, 0.3) is 0 Å². The van der Waals surface area contributed by atoms with E-state index in [0.717, 1.165) is 28.2 Å². The standard InChI is InChI=1S/C16H13F3N2O/c17-16(18,19)12-6-10-8(1-4-14(12)22)5-11-9(10)2-3-13-15(11)21-7-20-13/h2-3,6-8,12H,1,4-5H2,(H,20,21). The predicted molar refractivity (Wildman–Crippen MR) is 75.1 cm³/mol. The number of nitrogens with one attached hydrogen (secondary N) is 1. The zero-order chi connectivity index (χ0) is 15.5. The number of H-pyrrole nitrogens is 1. The van der Waals surface area contributed by atoms with Crippen LogP contribution in [0.5, 0.6) is 0 Å². The first-order valence-electron chi connectivity index (χ1n) is 7.21. The third-order valence-corrected chi connectivity index (χ3v) is 4.68. The van der Waals surface area contributed by atoms with Crippen LogP contribution in [0.1, 0.15) is 24.0 Å². The fourth-order valence-corrected chi connectivity index (χ4v) is 3.62. The highest BCUT2D eigenvalue weighted by molar-refractivity contribution is 5.92. The van der Waals surface area contributed by atoms with Gasteiger partial charge in [0.1, 0.15) is 11.7 Å². The van der Waals surface area contributed by atoms with Gasteiger partial charge in [0, 0.05) is 6.42 Å². The number of hydrogen-bond donors (Lipinski definition) is 1. The maximum absolute atomic E-state index is 13.1. The normalized spacial score (nSPS) is 24.9. The van der Waals surface area contributed by atoms with Crippen LogP contribution in [0.3, 0.4) is 0 Å². The number of nitrogens with zero attached hydrogens (tertiary/aromatic N) is 1. The number of halogens is 3. The van der Waals surface area contributed by atoms with Gasteiger partial charge in [0.2, 0.25) is 0 Å². The number of carbonyl (C=O) groups excluding carboxylic acids is 1. The number of benzene rings is 1. The Morgan fingerprint density at radius 2 is 2.09 bits per heavy atom. The van der Waals surface area contributed by atoms with Gasteiger partial charge in [0.15, 0.2) is 0 Å². The Kier molecular flexibility index (Phi) is 2.74. The number of aromatic amines is 1. The zero-order valence-corrected chi connectivity index (χ0v) is 11.6. The summed E-state index contributed by atoms with van der Waals surface area (Å²) in [5, 5.41) is 0. The summed E-state index contributed by atoms with van der Waals surface area (Å²) in [5.74, 6) is -2.72. The first-order chi connectivity index (χ1) is 10.4. The topological polar surface area (TPSA) is 45.8 Å². The van der Waals surface area contributed by atoms with Gasteiger partial charge in [-0.3, -0.25) is 4.79 Å². The van der Waals surface area contributed by atoms with Gasteiger partial charge < -0.3 is 4.98 Å². The van der Waals surface area contributed by atoms with Gasteiger partial charge in [-0.1, -0.05) is 12.1 Å². The molecule has 0 radical (unpaired) electrons. The van der Waals surface area contributed by atoms with Crippen LogP contribution < -0.4 is 0 Å². The number of imidazole rings is 1. The lowest BCUT2D eigenvalue weighted by molar-refractivity contribution is -0.170. The average Bonchev–Trinajstić information content (AvgIpc) is 3.00. The second-order valence-corrected chi connectivity index (χ2v) is 5.94. The highest BCUT2D eigenvalue weighted by Gasteiger charge is 2.46. The van der Waals surface area contributed by atoms with Crippen molar-refractivity contribution in [3.63, 3.8) is 0 Å². The highest BCUT2D eigenvalue weighted by atomic mass is 19.4. The van der Waals surface area contributed by atoms with Gasteiger partial charge >= 0.3 is 6.18 Å². The summed E-state index contributed by atoms with van der Waals surface area (Å²) in [6, 6.07) is 3.67. The summed E-state index contributed by atoms with van der Waals surface area (Å²) >= 11 is 0. The van der Waals surface area contributed by atoms with E-state index in [1.807, 2.05) is 12.1 Å². The molecule has 1 heterocycles. The van der Waals surface area contributed by atoms with Gasteiger partial charge in [-0.05, 0) is 41.5 Å². The van der Waals surface area contributed by atoms with Crippen molar-refractivity contribution < 1.29 is 18.0 Å². The molecule has 0 fully saturated rings. The number of fused-ring (bicyclic) bond motifs is 5. The smallest absolute Gasteiger partial charge is 0.345 e. The molecule has 0 amide bonds. The lowest BCUT2D eigenvalue weighted by Crippen LogP contribution is -2.28. The summed E-state index contributed by atoms with van der Waals surface area (Å²) in [6.45, 7) is 0. The molecule has 2 aromatic rings. The minimum atomic E-state index is -4.52. The van der Waals surface area contributed by atoms with Gasteiger partial charge in [-0.2, -0.15) is 13.2 Å². The second kappa shape index (κ2) is 4.44. The summed E-state index contributed by atoms with van der Waals surface area (Å²) in [7, 11) is 0. The van der Waals surface area contributed by atoms with Crippen LogP contribution in [0.25, 0.3) is 16.6 Å². The molecule has 114 valence electrons. The van der Waals surface area contributed by atoms with Crippen molar-refractivity contribution in [3.8, 4) is 0 Å². The zero-order valence-electron chi connectivity index (χ0n) is 11.6. The number of allylic oxidation sites excluding steroid dienone is 2. The molecule has 2 aliphatic rings. The van der Waals surface area contributed by atoms with Gasteiger partial charge in [-0.25, -0.2) is 4.98 Å². The summed E-state index contributed by atoms with van der Waals surface area (Å²) in [5.41, 5.74) is 4.17. The SMILES string of the molecule is O=C1CCC2Cc3c(ccc4[nH]cnc34)C2=CC1C(F)(F)F. The van der Waals surface area contributed by atoms with Crippen LogP contribution >= 0.6 is 0 Å². The first-order valence-corrected chi connectivity index (χ1v) is 7.21. The molecule has 4 rings (SSSR count). The van der Waals surface area contributed by atoms with Gasteiger partial charge in [0.05, 0.1) is 17.4 Å². The molecule has 0 saturated heterocycles. The van der Waals surface area contributed by atoms with Crippen LogP contribution in [-0.2, 0) is 11.2 Å². The Labute approximate surface area is 124 Å². The Morgan fingerprint density at radius 1 is 1.27 bits per heavy atom. The Bertz CT molecular complexity index is 803. The number of rotatable bonds is 0. The lowest BCUT2D eigenvalue weighted by Gasteiger charge is -2.14. The third-order valence-electron chi connectivity index (χ3n) is 4.68. The molecule has 0 spiro atoms. The Hall–Kier alpha value is -2.11. The van der Waals surface area contributed by atoms with E-state index in [1.54, 1.807) is 6.33 Å². The van der Waals surface area contributed by atoms with Crippen molar-refractivity contribution >= 4 is 22.4 Å². The highest BCUT2D eigenvalue weighted by Crippen LogP contribution is 2.46. The van der Waals surface area contributed by atoms with Crippen LogP contribution in [0.4, 0.5) is 13.2 Å². The monoisotopic (exact) mass is 306 g/mol. The molecule has 0 aliphatic heterocycles. The van der Waals surface area contributed by atoms with Crippen molar-refractivity contribution in [2.75, 3.05) is 0 Å². The molecule has 3 nitrogen and oxygen atoms in total. The number of carbonyl (C=O) groups is 1. The molecule has 1 aromatic carbocycles. The molecule has 1 aromatic heterocycles. The lowest BCUT2D eigenvalue weighted by atomic mass is 9.96. The van der Waals surface area contributed by atoms with Gasteiger partial charge in [-0.15, -0.1) is 0 Å². The number of hydrogen-bond acceptors (Lipinski definition) is 2. The number of ketones is 1. The van der Waals surface area contributed by atoms with E-state index in [1.165, 1.54) is 0 Å². The van der Waals surface area contributed by atoms with Crippen LogP contribution in [-0.4, -0.2) is 21.9 Å². The van der Waals surface area contributed by atoms with E-state index >= 15 is 0 Å². The molecule has 2 atom stereocenters. The van der Waals surface area contributed by atoms with Crippen molar-refractivity contribution in [2.24, 2.45) is 11.8 Å². The fourth-order valence-electron chi connectivity index (χ4n) is 3.62. The molecule has 2 unspecified atom stereocenters. The molecular weight excluding hydrogens is 293 g/mol. The molecular formula is C16H13F3N2O. The van der Waals surface area contributed by atoms with E-state index in [-0.39, 0.29) is 12.3 Å². The predicted octanol–water partition coefficient (Wildman–Crippen LogP) is 3.66. The molecule has 6 heteroatoms. The van der Waals surface area contributed by atoms with E-state index in [2.05, 4.69) is 9.97 Å². The van der Waals surface area contributed by atoms with E-state index in [0.29, 0.717) is 18.4 Å². The third kappa shape index (κ3) is 1.90. The maximum Gasteiger partial charge on any atom is 0.402 e. The van der Waals surface area contributed by atoms with E-state index in [9.17, 15) is 18.0 Å². The van der Waals surface area contributed by atoms with E-state index < -0.39 is 17.9 Å². The Morgan fingerprint density at radius 3 is 2.86 bits per heavy atom. The van der Waals surface area contributed by atoms with E-state index in [4.69, 9.17) is 0 Å². The molecule has 1 N–H and O–H groups in total. The minimum absolute atomic E-state index is 0.0198. The van der Waals surface area contributed by atoms with Crippen LogP contribution in [0.2, 0.25) is 0 Å². The summed E-state index contributed by atoms with van der Waals surface area (Å²) < 4.78 is 39.4. The first kappa shape index (κ1) is 13.5. The number of aromatic nitrogens is 2. The molecule has 2 aliphatic carbocycles. The molecule has 22 heavy (non-hydrogen) atoms. The largest absolute Gasteiger partial charge is 0.402 e. The van der Waals surface area contributed by atoms with Crippen LogP contribution in [0, 0.1) is 11.8 Å². The average molecular weight is 306 g/mol. The minimum Gasteiger partial charge on any atom is -0.345 e. The second-order valence-electron chi connectivity index (χ2n) is 5.94. The number of Topliss-reactive ketones (excluding diaryl/α,β-unsaturated/α-hetero) is 1. The summed E-state index contributed by atoms with van der Waals surface area (Å²) in [4.78, 5) is 19.1. The van der Waals surface area contributed by atoms with Crippen molar-refractivity contribution in [1.29, 1.82) is 0 Å². The summed E-state index contributed by atoms with van der Waals surface area (Å²) in [6.07, 6.45) is -0.677. The van der Waals surface area contributed by atoms with Crippen molar-refractivity contribution in [3.05, 3.63) is 35.7 Å². The molecule has 0 saturated carbocycles. The van der Waals surface area contributed by atoms with Crippen molar-refractivity contribution in [1.82, 2.24) is 9.97 Å². The van der Waals surface area contributed by atoms with Crippen molar-refractivity contribution in [2.45, 2.75) is 25.4 Å².